The lowest BCUT2D eigenvalue weighted by Gasteiger charge is -2.07. The van der Waals surface area contributed by atoms with Gasteiger partial charge in [-0.3, -0.25) is 0 Å². The highest BCUT2D eigenvalue weighted by atomic mass is 32.1. The molecule has 6 heterocycles. The first-order chi connectivity index (χ1) is 14.4. The van der Waals surface area contributed by atoms with Crippen LogP contribution in [0.5, 0.6) is 0 Å². The van der Waals surface area contributed by atoms with Gasteiger partial charge in [0.15, 0.2) is 0 Å². The van der Waals surface area contributed by atoms with Crippen molar-refractivity contribution in [2.24, 2.45) is 0 Å². The summed E-state index contributed by atoms with van der Waals surface area (Å²) in [6.07, 6.45) is 0. The van der Waals surface area contributed by atoms with Gasteiger partial charge in [-0.25, -0.2) is 9.97 Å². The summed E-state index contributed by atoms with van der Waals surface area (Å²) in [7, 11) is 0. The maximum atomic E-state index is 5.23. The molecule has 0 amide bonds. The van der Waals surface area contributed by atoms with Gasteiger partial charge in [0.2, 0.25) is 0 Å². The van der Waals surface area contributed by atoms with Crippen molar-refractivity contribution in [3.05, 3.63) is 68.7 Å². The third-order valence-electron chi connectivity index (χ3n) is 4.61. The molecule has 0 bridgehead atoms. The second kappa shape index (κ2) is 7.27. The van der Waals surface area contributed by atoms with E-state index in [9.17, 15) is 0 Å². The lowest BCUT2D eigenvalue weighted by molar-refractivity contribution is 1.31. The molecule has 0 saturated heterocycles. The molecule has 0 aliphatic carbocycles. The zero-order valence-electron chi connectivity index (χ0n) is 14.9. The molecule has 6 rings (SSSR count). The highest BCUT2D eigenvalue weighted by Gasteiger charge is 2.22. The Bertz CT molecular complexity index is 1270. The zero-order valence-corrected chi connectivity index (χ0v) is 18.9. The van der Waals surface area contributed by atoms with Crippen LogP contribution in [0.2, 0.25) is 0 Å². The van der Waals surface area contributed by atoms with E-state index in [1.165, 1.54) is 19.5 Å². The van der Waals surface area contributed by atoms with Crippen molar-refractivity contribution in [1.82, 2.24) is 9.97 Å². The van der Waals surface area contributed by atoms with Crippen LogP contribution in [0.4, 0.5) is 0 Å². The van der Waals surface area contributed by atoms with Gasteiger partial charge < -0.3 is 0 Å². The van der Waals surface area contributed by atoms with E-state index >= 15 is 0 Å². The summed E-state index contributed by atoms with van der Waals surface area (Å²) in [6.45, 7) is 0. The number of nitrogens with zero attached hydrogens (tertiary/aromatic N) is 2. The fourth-order valence-electron chi connectivity index (χ4n) is 3.30. The summed E-state index contributed by atoms with van der Waals surface area (Å²) in [5.74, 6) is 0. The van der Waals surface area contributed by atoms with Crippen molar-refractivity contribution in [3.8, 4) is 42.0 Å². The Kier molecular flexibility index (Phi) is 4.43. The van der Waals surface area contributed by atoms with Crippen molar-refractivity contribution in [1.29, 1.82) is 0 Å². The van der Waals surface area contributed by atoms with Crippen LogP contribution in [0.25, 0.3) is 53.1 Å². The maximum absolute atomic E-state index is 5.23. The topological polar surface area (TPSA) is 25.8 Å². The van der Waals surface area contributed by atoms with Crippen LogP contribution in [0, 0.1) is 0 Å². The molecular formula is C22H12N2S5. The maximum Gasteiger partial charge on any atom is 0.110 e. The van der Waals surface area contributed by atoms with Crippen LogP contribution in [-0.2, 0) is 0 Å². The van der Waals surface area contributed by atoms with Crippen molar-refractivity contribution in [2.45, 2.75) is 0 Å². The summed E-state index contributed by atoms with van der Waals surface area (Å²) in [6, 6.07) is 12.8. The Morgan fingerprint density at radius 1 is 0.586 bits per heavy atom. The number of aromatic nitrogens is 2. The Hall–Kier alpha value is -2.16. The van der Waals surface area contributed by atoms with E-state index in [0.29, 0.717) is 0 Å². The molecule has 6 aromatic rings. The monoisotopic (exact) mass is 464 g/mol. The SMILES string of the molecule is c1csc(-c2sc(-c3cccs3)c3nc(-c4ccsc4)c(-c4ccsc4)nc23)c1. The molecule has 0 radical (unpaired) electrons. The second-order valence-corrected chi connectivity index (χ2v) is 10.8. The quantitative estimate of drug-likeness (QED) is 0.261. The zero-order chi connectivity index (χ0) is 19.2. The van der Waals surface area contributed by atoms with Crippen LogP contribution >= 0.6 is 56.7 Å². The fourth-order valence-corrected chi connectivity index (χ4v) is 7.47. The minimum Gasteiger partial charge on any atom is -0.242 e. The summed E-state index contributed by atoms with van der Waals surface area (Å²) in [4.78, 5) is 15.4. The van der Waals surface area contributed by atoms with E-state index in [-0.39, 0.29) is 0 Å². The Morgan fingerprint density at radius 2 is 1.10 bits per heavy atom. The van der Waals surface area contributed by atoms with Crippen LogP contribution in [0.3, 0.4) is 0 Å². The Morgan fingerprint density at radius 3 is 1.48 bits per heavy atom. The molecular weight excluding hydrogens is 453 g/mol. The van der Waals surface area contributed by atoms with E-state index < -0.39 is 0 Å². The smallest absolute Gasteiger partial charge is 0.110 e. The van der Waals surface area contributed by atoms with Gasteiger partial charge in [-0.15, -0.1) is 34.0 Å². The van der Waals surface area contributed by atoms with Gasteiger partial charge in [-0.05, 0) is 45.8 Å². The van der Waals surface area contributed by atoms with Crippen molar-refractivity contribution < 1.29 is 0 Å². The molecule has 6 aromatic heterocycles. The van der Waals surface area contributed by atoms with E-state index in [4.69, 9.17) is 9.97 Å². The number of hydrogen-bond donors (Lipinski definition) is 0. The minimum atomic E-state index is 0.963. The average Bonchev–Trinajstić information content (AvgIpc) is 3.55. The molecule has 7 heteroatoms. The predicted octanol–water partition coefficient (Wildman–Crippen LogP) is 8.61. The molecule has 0 atom stereocenters. The van der Waals surface area contributed by atoms with Crippen LogP contribution in [0.15, 0.2) is 68.7 Å². The highest BCUT2D eigenvalue weighted by molar-refractivity contribution is 7.27. The van der Waals surface area contributed by atoms with Gasteiger partial charge in [0.1, 0.15) is 11.0 Å². The lowest BCUT2D eigenvalue weighted by atomic mass is 10.1. The summed E-state index contributed by atoms with van der Waals surface area (Å²) in [5, 5.41) is 12.8. The summed E-state index contributed by atoms with van der Waals surface area (Å²) < 4.78 is 0. The van der Waals surface area contributed by atoms with Gasteiger partial charge >= 0.3 is 0 Å². The molecule has 0 aliphatic rings. The highest BCUT2D eigenvalue weighted by Crippen LogP contribution is 2.47. The number of hydrogen-bond acceptors (Lipinski definition) is 7. The largest absolute Gasteiger partial charge is 0.242 e. The van der Waals surface area contributed by atoms with Crippen molar-refractivity contribution >= 4 is 67.7 Å². The lowest BCUT2D eigenvalue weighted by Crippen LogP contribution is -1.93. The van der Waals surface area contributed by atoms with Gasteiger partial charge in [0.25, 0.3) is 0 Å². The van der Waals surface area contributed by atoms with Crippen LogP contribution in [0.1, 0.15) is 0 Å². The summed E-state index contributed by atoms with van der Waals surface area (Å²) >= 11 is 8.70. The van der Waals surface area contributed by atoms with E-state index in [0.717, 1.165) is 33.5 Å². The normalized spacial score (nSPS) is 11.4. The third-order valence-corrected chi connectivity index (χ3v) is 9.24. The number of thiophene rings is 5. The van der Waals surface area contributed by atoms with E-state index in [2.05, 4.69) is 68.7 Å². The predicted molar refractivity (Wildman–Crippen MR) is 131 cm³/mol. The molecule has 140 valence electrons. The van der Waals surface area contributed by atoms with Gasteiger partial charge in [-0.2, -0.15) is 22.7 Å². The Balaban J connectivity index is 1.72. The Labute approximate surface area is 187 Å². The molecule has 0 fully saturated rings. The molecule has 0 aromatic carbocycles. The van der Waals surface area contributed by atoms with Crippen molar-refractivity contribution in [2.75, 3.05) is 0 Å². The first kappa shape index (κ1) is 17.7. The molecule has 0 spiro atoms. The van der Waals surface area contributed by atoms with Gasteiger partial charge in [-0.1, -0.05) is 12.1 Å². The fraction of sp³-hybridized carbons (Fsp3) is 0. The van der Waals surface area contributed by atoms with Gasteiger partial charge in [0, 0.05) is 31.6 Å². The third kappa shape index (κ3) is 3.01. The molecule has 2 nitrogen and oxygen atoms in total. The standard InChI is InChI=1S/C22H12N2S5/c1-3-15(27-7-1)21-19-20(22(29-21)16-4-2-8-28-16)24-18(14-6-10-26-12-14)17(23-19)13-5-9-25-11-13/h1-12H. The van der Waals surface area contributed by atoms with Crippen molar-refractivity contribution in [3.63, 3.8) is 0 Å². The molecule has 0 unspecified atom stereocenters. The van der Waals surface area contributed by atoms with E-state index in [1.54, 1.807) is 56.7 Å². The van der Waals surface area contributed by atoms with Crippen LogP contribution in [-0.4, -0.2) is 9.97 Å². The molecule has 0 N–H and O–H groups in total. The first-order valence-corrected chi connectivity index (χ1v) is 13.3. The van der Waals surface area contributed by atoms with Crippen LogP contribution < -0.4 is 0 Å². The number of rotatable bonds is 4. The molecule has 0 aliphatic heterocycles. The molecule has 29 heavy (non-hydrogen) atoms. The van der Waals surface area contributed by atoms with Gasteiger partial charge in [0.05, 0.1) is 21.1 Å². The minimum absolute atomic E-state index is 0.963. The first-order valence-electron chi connectivity index (χ1n) is 8.86. The average molecular weight is 465 g/mol. The van der Waals surface area contributed by atoms with E-state index in [1.807, 2.05) is 0 Å². The number of fused-ring (bicyclic) bond motifs is 1. The summed E-state index contributed by atoms with van der Waals surface area (Å²) in [5.41, 5.74) is 6.19. The second-order valence-electron chi connectivity index (χ2n) is 6.36. The molecule has 0 saturated carbocycles.